The highest BCUT2D eigenvalue weighted by Crippen LogP contribution is 2.31. The lowest BCUT2D eigenvalue weighted by Gasteiger charge is -1.95. The Kier molecular flexibility index (Phi) is 2.48. The average molecular weight is 303 g/mol. The second-order valence-electron chi connectivity index (χ2n) is 4.44. The number of nitrogens with zero attached hydrogens (tertiary/aromatic N) is 4. The minimum atomic E-state index is -0.181. The van der Waals surface area contributed by atoms with Crippen molar-refractivity contribution in [2.24, 2.45) is 7.05 Å². The van der Waals surface area contributed by atoms with Gasteiger partial charge in [-0.05, 0) is 17.6 Å². The monoisotopic (exact) mass is 303 g/mol. The third-order valence-corrected chi connectivity index (χ3v) is 5.02. The fourth-order valence-corrected chi connectivity index (χ4v) is 4.11. The Morgan fingerprint density at radius 3 is 3.15 bits per heavy atom. The normalized spacial score (nSPS) is 11.7. The van der Waals surface area contributed by atoms with E-state index in [9.17, 15) is 4.79 Å². The third kappa shape index (κ3) is 1.61. The van der Waals surface area contributed by atoms with E-state index >= 15 is 0 Å². The molecule has 4 heterocycles. The van der Waals surface area contributed by atoms with Gasteiger partial charge in [0.05, 0.1) is 10.9 Å². The summed E-state index contributed by atoms with van der Waals surface area (Å²) < 4.78 is 6.94. The van der Waals surface area contributed by atoms with E-state index in [0.717, 1.165) is 27.2 Å². The molecule has 100 valence electrons. The van der Waals surface area contributed by atoms with Gasteiger partial charge in [0, 0.05) is 29.9 Å². The molecule has 20 heavy (non-hydrogen) atoms. The van der Waals surface area contributed by atoms with E-state index < -0.39 is 0 Å². The van der Waals surface area contributed by atoms with Crippen molar-refractivity contribution in [3.63, 3.8) is 0 Å². The first kappa shape index (κ1) is 11.7. The molecule has 0 atom stereocenters. The van der Waals surface area contributed by atoms with Crippen molar-refractivity contribution < 1.29 is 0 Å². The fraction of sp³-hybridized carbons (Fsp3) is 0.167. The highest BCUT2D eigenvalue weighted by Gasteiger charge is 2.16. The molecule has 4 rings (SSSR count). The molecule has 0 radical (unpaired) electrons. The Balaban J connectivity index is 1.94. The molecule has 1 N–H and O–H groups in total. The number of rotatable bonds is 2. The molecular weight excluding hydrogens is 294 g/mol. The van der Waals surface area contributed by atoms with Gasteiger partial charge in [-0.25, -0.2) is 14.5 Å². The average Bonchev–Trinajstić information content (AvgIpc) is 3.11. The van der Waals surface area contributed by atoms with Crippen molar-refractivity contribution in [1.82, 2.24) is 24.1 Å². The van der Waals surface area contributed by atoms with Crippen LogP contribution in [0.2, 0.25) is 0 Å². The van der Waals surface area contributed by atoms with Gasteiger partial charge in [-0.3, -0.25) is 4.79 Å². The molecular formula is C12H9N5OS2. The topological polar surface area (TPSA) is 76.5 Å². The number of aromatic amines is 1. The van der Waals surface area contributed by atoms with Crippen molar-refractivity contribution in [2.45, 2.75) is 6.42 Å². The maximum atomic E-state index is 11.8. The Labute approximate surface area is 120 Å². The van der Waals surface area contributed by atoms with Gasteiger partial charge in [-0.2, -0.15) is 5.10 Å². The van der Waals surface area contributed by atoms with E-state index in [4.69, 9.17) is 0 Å². The van der Waals surface area contributed by atoms with Crippen molar-refractivity contribution in [3.05, 3.63) is 38.7 Å². The molecule has 4 aromatic rings. The fourth-order valence-electron chi connectivity index (χ4n) is 2.31. The van der Waals surface area contributed by atoms with Crippen LogP contribution in [-0.4, -0.2) is 24.1 Å². The Bertz CT molecular complexity index is 963. The Morgan fingerprint density at radius 1 is 1.45 bits per heavy atom. The number of H-pyrrole nitrogens is 1. The summed E-state index contributed by atoms with van der Waals surface area (Å²) in [5.41, 5.74) is 1.28. The van der Waals surface area contributed by atoms with Gasteiger partial charge in [0.1, 0.15) is 10.5 Å². The largest absolute Gasteiger partial charge is 0.323 e. The number of nitrogens with one attached hydrogen (secondary N) is 1. The van der Waals surface area contributed by atoms with Gasteiger partial charge in [0.2, 0.25) is 0 Å². The molecule has 0 spiro atoms. The Hall–Kier alpha value is -2.06. The Morgan fingerprint density at radius 2 is 2.35 bits per heavy atom. The summed E-state index contributed by atoms with van der Waals surface area (Å²) in [4.78, 5) is 17.7. The summed E-state index contributed by atoms with van der Waals surface area (Å²) in [6.07, 6.45) is 4.27. The van der Waals surface area contributed by atoms with Crippen molar-refractivity contribution in [2.75, 3.05) is 0 Å². The highest BCUT2D eigenvalue weighted by molar-refractivity contribution is 7.19. The maximum Gasteiger partial charge on any atom is 0.288 e. The molecule has 0 amide bonds. The number of fused-ring (bicyclic) bond motifs is 3. The van der Waals surface area contributed by atoms with E-state index in [1.165, 1.54) is 16.4 Å². The van der Waals surface area contributed by atoms with Crippen LogP contribution < -0.4 is 5.56 Å². The van der Waals surface area contributed by atoms with Gasteiger partial charge >= 0.3 is 0 Å². The molecule has 8 heteroatoms. The number of hydrogen-bond acceptors (Lipinski definition) is 6. The van der Waals surface area contributed by atoms with Gasteiger partial charge in [0.15, 0.2) is 5.65 Å². The minimum absolute atomic E-state index is 0.181. The minimum Gasteiger partial charge on any atom is -0.323 e. The number of aryl methyl sites for hydroxylation is 1. The molecule has 6 nitrogen and oxygen atoms in total. The van der Waals surface area contributed by atoms with Crippen LogP contribution in [-0.2, 0) is 13.5 Å². The summed E-state index contributed by atoms with van der Waals surface area (Å²) in [5, 5.41) is 8.23. The van der Waals surface area contributed by atoms with Crippen molar-refractivity contribution >= 4 is 44.1 Å². The van der Waals surface area contributed by atoms with E-state index in [1.807, 2.05) is 17.7 Å². The first-order valence-electron chi connectivity index (χ1n) is 5.95. The van der Waals surface area contributed by atoms with Gasteiger partial charge in [-0.15, -0.1) is 11.3 Å². The molecule has 0 aliphatic rings. The molecule has 0 fully saturated rings. The summed E-state index contributed by atoms with van der Waals surface area (Å²) in [7, 11) is 1.86. The first-order valence-corrected chi connectivity index (χ1v) is 7.54. The highest BCUT2D eigenvalue weighted by atomic mass is 32.1. The third-order valence-electron chi connectivity index (χ3n) is 3.20. The van der Waals surface area contributed by atoms with E-state index in [2.05, 4.69) is 19.6 Å². The lowest BCUT2D eigenvalue weighted by Crippen LogP contribution is -2.10. The van der Waals surface area contributed by atoms with E-state index in [-0.39, 0.29) is 5.56 Å². The predicted octanol–water partition coefficient (Wildman–Crippen LogP) is 1.92. The second-order valence-corrected chi connectivity index (χ2v) is 6.44. The van der Waals surface area contributed by atoms with Gasteiger partial charge < -0.3 is 4.57 Å². The molecule has 4 aromatic heterocycles. The molecule has 0 saturated carbocycles. The quantitative estimate of drug-likeness (QED) is 0.614. The molecule has 0 aromatic carbocycles. The van der Waals surface area contributed by atoms with Crippen LogP contribution in [0.3, 0.4) is 0 Å². The van der Waals surface area contributed by atoms with Crippen LogP contribution in [0, 0.1) is 0 Å². The van der Waals surface area contributed by atoms with Gasteiger partial charge in [0.25, 0.3) is 5.56 Å². The van der Waals surface area contributed by atoms with Crippen molar-refractivity contribution in [1.29, 1.82) is 0 Å². The van der Waals surface area contributed by atoms with Crippen LogP contribution in [0.5, 0.6) is 0 Å². The number of thiazole rings is 1. The molecule has 0 unspecified atom stereocenters. The zero-order chi connectivity index (χ0) is 13.7. The van der Waals surface area contributed by atoms with Crippen LogP contribution >= 0.6 is 22.9 Å². The SMILES string of the molecule is Cn1c2nc(Cc3ccns3)sc2c2cn[nH]c(=O)c21. The molecule has 0 bridgehead atoms. The summed E-state index contributed by atoms with van der Waals surface area (Å²) in [6, 6.07) is 2.00. The second kappa shape index (κ2) is 4.22. The standard InChI is InChI=1S/C12H9N5OS2/c1-17-9-7(5-13-16-12(9)18)10-11(17)15-8(19-10)4-6-2-3-14-20-6/h2-3,5H,4H2,1H3,(H,16,18). The number of hydrogen-bond donors (Lipinski definition) is 1. The molecule has 0 saturated heterocycles. The van der Waals surface area contributed by atoms with Gasteiger partial charge in [-0.1, -0.05) is 0 Å². The molecule has 0 aliphatic carbocycles. The van der Waals surface area contributed by atoms with Crippen LogP contribution in [0.1, 0.15) is 9.88 Å². The lowest BCUT2D eigenvalue weighted by atomic mass is 10.4. The maximum absolute atomic E-state index is 11.8. The zero-order valence-electron chi connectivity index (χ0n) is 10.5. The van der Waals surface area contributed by atoms with E-state index in [0.29, 0.717) is 5.52 Å². The van der Waals surface area contributed by atoms with Crippen LogP contribution in [0.25, 0.3) is 21.3 Å². The summed E-state index contributed by atoms with van der Waals surface area (Å²) in [5.74, 6) is 0. The van der Waals surface area contributed by atoms with Crippen molar-refractivity contribution in [3.8, 4) is 0 Å². The van der Waals surface area contributed by atoms with Crippen LogP contribution in [0.4, 0.5) is 0 Å². The smallest absolute Gasteiger partial charge is 0.288 e. The lowest BCUT2D eigenvalue weighted by molar-refractivity contribution is 0.945. The predicted molar refractivity (Wildman–Crippen MR) is 79.4 cm³/mol. The number of aromatic nitrogens is 5. The summed E-state index contributed by atoms with van der Waals surface area (Å²) in [6.45, 7) is 0. The first-order chi connectivity index (χ1) is 9.74. The molecule has 0 aliphatic heterocycles. The van der Waals surface area contributed by atoms with Crippen LogP contribution in [0.15, 0.2) is 23.3 Å². The van der Waals surface area contributed by atoms with E-state index in [1.54, 1.807) is 23.7 Å². The summed E-state index contributed by atoms with van der Waals surface area (Å²) >= 11 is 3.09. The zero-order valence-corrected chi connectivity index (χ0v) is 12.1.